The third-order valence-corrected chi connectivity index (χ3v) is 7.42. The summed E-state index contributed by atoms with van der Waals surface area (Å²) < 4.78 is 0. The quantitative estimate of drug-likeness (QED) is 0.388. The van der Waals surface area contributed by atoms with E-state index in [0.29, 0.717) is 0 Å². The molecule has 0 spiro atoms. The van der Waals surface area contributed by atoms with E-state index >= 15 is 0 Å². The first-order chi connectivity index (χ1) is 12.9. The summed E-state index contributed by atoms with van der Waals surface area (Å²) in [6, 6.07) is 30.7. The molecule has 3 aromatic carbocycles. The van der Waals surface area contributed by atoms with Gasteiger partial charge in [0.05, 0.1) is 0 Å². The second-order valence-electron chi connectivity index (χ2n) is 8.05. The molecule has 0 nitrogen and oxygen atoms in total. The third-order valence-electron chi connectivity index (χ3n) is 6.24. The van der Waals surface area contributed by atoms with Crippen molar-refractivity contribution in [1.29, 1.82) is 0 Å². The van der Waals surface area contributed by atoms with Gasteiger partial charge in [0.25, 0.3) is 0 Å². The summed E-state index contributed by atoms with van der Waals surface area (Å²) in [6.45, 7) is 9.43. The number of hydrogen-bond donors (Lipinski definition) is 0. The topological polar surface area (TPSA) is 0 Å². The SMILES string of the molecule is Cc1ccccc1SCC[C@](C)(c1ccccc1)C(C)(C)c1ccccc1. The van der Waals surface area contributed by atoms with Crippen LogP contribution in [0.3, 0.4) is 0 Å². The van der Waals surface area contributed by atoms with Gasteiger partial charge in [-0.25, -0.2) is 0 Å². The fourth-order valence-electron chi connectivity index (χ4n) is 3.88. The molecule has 0 aliphatic rings. The van der Waals surface area contributed by atoms with Crippen molar-refractivity contribution in [3.8, 4) is 0 Å². The van der Waals surface area contributed by atoms with Crippen LogP contribution in [-0.4, -0.2) is 5.75 Å². The van der Waals surface area contributed by atoms with Crippen LogP contribution in [0.1, 0.15) is 43.9 Å². The minimum Gasteiger partial charge on any atom is -0.126 e. The van der Waals surface area contributed by atoms with Crippen molar-refractivity contribution in [3.63, 3.8) is 0 Å². The molecule has 0 aliphatic carbocycles. The maximum absolute atomic E-state index is 2.44. The Morgan fingerprint density at radius 1 is 0.667 bits per heavy atom. The van der Waals surface area contributed by atoms with Crippen LogP contribution in [0.4, 0.5) is 0 Å². The van der Waals surface area contributed by atoms with E-state index in [4.69, 9.17) is 0 Å². The highest BCUT2D eigenvalue weighted by Crippen LogP contribution is 2.47. The van der Waals surface area contributed by atoms with Crippen molar-refractivity contribution in [3.05, 3.63) is 102 Å². The minimum absolute atomic E-state index is 0.0297. The van der Waals surface area contributed by atoms with Crippen molar-refractivity contribution >= 4 is 11.8 Å². The van der Waals surface area contributed by atoms with E-state index < -0.39 is 0 Å². The van der Waals surface area contributed by atoms with Crippen LogP contribution in [0, 0.1) is 6.92 Å². The lowest BCUT2D eigenvalue weighted by atomic mass is 9.58. The van der Waals surface area contributed by atoms with Gasteiger partial charge in [0.1, 0.15) is 0 Å². The molecule has 0 amide bonds. The van der Waals surface area contributed by atoms with Gasteiger partial charge >= 0.3 is 0 Å². The zero-order chi connectivity index (χ0) is 19.3. The summed E-state index contributed by atoms with van der Waals surface area (Å²) in [5.41, 5.74) is 4.26. The Hall–Kier alpha value is -1.99. The molecule has 0 fully saturated rings. The summed E-state index contributed by atoms with van der Waals surface area (Å²) in [6.07, 6.45) is 1.12. The van der Waals surface area contributed by atoms with Crippen molar-refractivity contribution in [2.75, 3.05) is 5.75 Å². The maximum Gasteiger partial charge on any atom is 0.0101 e. The van der Waals surface area contributed by atoms with Gasteiger partial charge in [-0.05, 0) is 47.3 Å². The molecule has 0 bridgehead atoms. The summed E-state index contributed by atoms with van der Waals surface area (Å²) >= 11 is 1.98. The molecular weight excluding hydrogens is 344 g/mol. The Bertz CT molecular complexity index is 852. The molecular formula is C26H30S. The molecule has 3 aromatic rings. The van der Waals surface area contributed by atoms with E-state index in [2.05, 4.69) is 113 Å². The predicted molar refractivity (Wildman–Crippen MR) is 120 cm³/mol. The smallest absolute Gasteiger partial charge is 0.0101 e. The van der Waals surface area contributed by atoms with Gasteiger partial charge in [-0.2, -0.15) is 0 Å². The lowest BCUT2D eigenvalue weighted by Gasteiger charge is -2.46. The van der Waals surface area contributed by atoms with E-state index in [1.165, 1.54) is 21.6 Å². The van der Waals surface area contributed by atoms with E-state index in [9.17, 15) is 0 Å². The summed E-state index contributed by atoms with van der Waals surface area (Å²) in [7, 11) is 0. The van der Waals surface area contributed by atoms with Crippen LogP contribution in [-0.2, 0) is 10.8 Å². The van der Waals surface area contributed by atoms with Gasteiger partial charge in [0.2, 0.25) is 0 Å². The van der Waals surface area contributed by atoms with Gasteiger partial charge in [-0.3, -0.25) is 0 Å². The molecule has 0 saturated heterocycles. The third kappa shape index (κ3) is 4.14. The Kier molecular flexibility index (Phi) is 6.11. The van der Waals surface area contributed by atoms with E-state index in [1.807, 2.05) is 11.8 Å². The predicted octanol–water partition coefficient (Wildman–Crippen LogP) is 7.41. The highest BCUT2D eigenvalue weighted by atomic mass is 32.2. The molecule has 0 unspecified atom stereocenters. The van der Waals surface area contributed by atoms with Gasteiger partial charge in [-0.1, -0.05) is 99.6 Å². The Morgan fingerprint density at radius 3 is 1.78 bits per heavy atom. The van der Waals surface area contributed by atoms with Crippen LogP contribution in [0.25, 0.3) is 0 Å². The first-order valence-corrected chi connectivity index (χ1v) is 10.7. The summed E-state index contributed by atoms with van der Waals surface area (Å²) in [5.74, 6) is 1.10. The van der Waals surface area contributed by atoms with Gasteiger partial charge in [0.15, 0.2) is 0 Å². The van der Waals surface area contributed by atoms with E-state index in [0.717, 1.165) is 12.2 Å². The average molecular weight is 375 g/mol. The van der Waals surface area contributed by atoms with Crippen molar-refractivity contribution in [1.82, 2.24) is 0 Å². The van der Waals surface area contributed by atoms with Gasteiger partial charge in [-0.15, -0.1) is 11.8 Å². The molecule has 0 aromatic heterocycles. The normalized spacial score (nSPS) is 13.9. The molecule has 1 heteroatoms. The van der Waals surface area contributed by atoms with Gasteiger partial charge in [0, 0.05) is 10.3 Å². The van der Waals surface area contributed by atoms with Gasteiger partial charge < -0.3 is 0 Å². The number of aryl methyl sites for hydroxylation is 1. The molecule has 3 rings (SSSR count). The van der Waals surface area contributed by atoms with Crippen LogP contribution < -0.4 is 0 Å². The van der Waals surface area contributed by atoms with Crippen LogP contribution in [0.2, 0.25) is 0 Å². The zero-order valence-corrected chi connectivity index (χ0v) is 17.7. The largest absolute Gasteiger partial charge is 0.126 e. The Labute approximate surface area is 169 Å². The standard InChI is InChI=1S/C26H30S/c1-21-13-11-12-18-24(21)27-20-19-26(4,23-16-9-6-10-17-23)25(2,3)22-14-7-5-8-15-22/h5-18H,19-20H2,1-4H3/t26-/m1/s1. The number of thioether (sulfide) groups is 1. The maximum atomic E-state index is 2.44. The average Bonchev–Trinajstić information content (AvgIpc) is 2.70. The van der Waals surface area contributed by atoms with Crippen LogP contribution >= 0.6 is 11.8 Å². The summed E-state index contributed by atoms with van der Waals surface area (Å²) in [5, 5.41) is 0. The first kappa shape index (κ1) is 19.8. The molecule has 0 radical (unpaired) electrons. The number of benzene rings is 3. The molecule has 0 N–H and O–H groups in total. The monoisotopic (exact) mass is 374 g/mol. The molecule has 140 valence electrons. The second-order valence-corrected chi connectivity index (χ2v) is 9.19. The molecule has 0 saturated carbocycles. The molecule has 0 heterocycles. The molecule has 0 aliphatic heterocycles. The molecule has 1 atom stereocenters. The van der Waals surface area contributed by atoms with Crippen molar-refractivity contribution in [2.24, 2.45) is 0 Å². The fourth-order valence-corrected chi connectivity index (χ4v) is 5.08. The lowest BCUT2D eigenvalue weighted by molar-refractivity contribution is 0.268. The Morgan fingerprint density at radius 2 is 1.19 bits per heavy atom. The zero-order valence-electron chi connectivity index (χ0n) is 16.9. The molecule has 27 heavy (non-hydrogen) atoms. The minimum atomic E-state index is 0.0297. The second kappa shape index (κ2) is 8.35. The lowest BCUT2D eigenvalue weighted by Crippen LogP contribution is -2.43. The van der Waals surface area contributed by atoms with Crippen molar-refractivity contribution < 1.29 is 0 Å². The fraction of sp³-hybridized carbons (Fsp3) is 0.308. The number of rotatable bonds is 7. The van der Waals surface area contributed by atoms with E-state index in [1.54, 1.807) is 0 Å². The first-order valence-electron chi connectivity index (χ1n) is 9.75. The highest BCUT2D eigenvalue weighted by Gasteiger charge is 2.42. The van der Waals surface area contributed by atoms with Crippen LogP contribution in [0.15, 0.2) is 89.8 Å². The van der Waals surface area contributed by atoms with Crippen LogP contribution in [0.5, 0.6) is 0 Å². The number of hydrogen-bond acceptors (Lipinski definition) is 1. The van der Waals surface area contributed by atoms with Crippen molar-refractivity contribution in [2.45, 2.75) is 49.8 Å². The van der Waals surface area contributed by atoms with E-state index in [-0.39, 0.29) is 10.8 Å². The summed E-state index contributed by atoms with van der Waals surface area (Å²) in [4.78, 5) is 1.39. The highest BCUT2D eigenvalue weighted by molar-refractivity contribution is 7.99. The Balaban J connectivity index is 1.90.